The van der Waals surface area contributed by atoms with Gasteiger partial charge >= 0.3 is 0 Å². The summed E-state index contributed by atoms with van der Waals surface area (Å²) in [6.07, 6.45) is 7.72. The molecule has 1 fully saturated rings. The zero-order valence-corrected chi connectivity index (χ0v) is 9.87. The van der Waals surface area contributed by atoms with E-state index in [-0.39, 0.29) is 0 Å². The number of nitrogens with zero attached hydrogens (tertiary/aromatic N) is 1. The molecule has 1 saturated carbocycles. The van der Waals surface area contributed by atoms with Crippen molar-refractivity contribution in [1.29, 1.82) is 0 Å². The van der Waals surface area contributed by atoms with E-state index in [1.807, 2.05) is 0 Å². The molecule has 0 amide bonds. The highest BCUT2D eigenvalue weighted by Gasteiger charge is 2.14. The van der Waals surface area contributed by atoms with E-state index in [0.29, 0.717) is 6.04 Å². The fourth-order valence-corrected chi connectivity index (χ4v) is 2.46. The minimum atomic E-state index is 0.570. The molecule has 0 unspecified atom stereocenters. The van der Waals surface area contributed by atoms with Crippen LogP contribution in [0.5, 0.6) is 0 Å². The van der Waals surface area contributed by atoms with Crippen LogP contribution in [0.15, 0.2) is 18.3 Å². The molecule has 2 rings (SSSR count). The van der Waals surface area contributed by atoms with Crippen LogP contribution < -0.4 is 5.32 Å². The van der Waals surface area contributed by atoms with Gasteiger partial charge in [0.2, 0.25) is 0 Å². The zero-order valence-electron chi connectivity index (χ0n) is 9.87. The van der Waals surface area contributed by atoms with E-state index in [9.17, 15) is 0 Å². The van der Waals surface area contributed by atoms with E-state index >= 15 is 0 Å². The third-order valence-corrected chi connectivity index (χ3v) is 3.35. The first kappa shape index (κ1) is 10.7. The minimum Gasteiger partial charge on any atom is -0.348 e. The molecule has 0 radical (unpaired) electrons. The van der Waals surface area contributed by atoms with Gasteiger partial charge in [-0.15, -0.1) is 0 Å². The van der Waals surface area contributed by atoms with Gasteiger partial charge in [0, 0.05) is 30.5 Å². The van der Waals surface area contributed by atoms with Gasteiger partial charge in [-0.05, 0) is 38.8 Å². The number of nitrogens with one attached hydrogen (secondary N) is 1. The molecule has 1 heterocycles. The van der Waals surface area contributed by atoms with Gasteiger partial charge in [-0.25, -0.2) is 0 Å². The average molecular weight is 206 g/mol. The summed E-state index contributed by atoms with van der Waals surface area (Å²) in [5, 5.41) is 3.66. The van der Waals surface area contributed by atoms with Gasteiger partial charge in [0.1, 0.15) is 0 Å². The third kappa shape index (κ3) is 2.63. The smallest absolute Gasteiger partial charge is 0.0361 e. The first-order valence-electron chi connectivity index (χ1n) is 6.16. The SMILES string of the molecule is CC(C)n1cccc1CNC1CCCC1. The molecule has 1 N–H and O–H groups in total. The topological polar surface area (TPSA) is 17.0 Å². The predicted octanol–water partition coefficient (Wildman–Crippen LogP) is 3.10. The Morgan fingerprint density at radius 3 is 2.80 bits per heavy atom. The monoisotopic (exact) mass is 206 g/mol. The highest BCUT2D eigenvalue weighted by molar-refractivity contribution is 5.08. The second-order valence-corrected chi connectivity index (χ2v) is 4.86. The molecule has 1 aromatic rings. The summed E-state index contributed by atoms with van der Waals surface area (Å²) in [6.45, 7) is 5.49. The molecular formula is C13H22N2. The van der Waals surface area contributed by atoms with Crippen molar-refractivity contribution in [2.75, 3.05) is 0 Å². The van der Waals surface area contributed by atoms with Gasteiger partial charge in [-0.3, -0.25) is 0 Å². The Hall–Kier alpha value is -0.760. The lowest BCUT2D eigenvalue weighted by atomic mass is 10.2. The van der Waals surface area contributed by atoms with Gasteiger partial charge in [0.25, 0.3) is 0 Å². The second-order valence-electron chi connectivity index (χ2n) is 4.86. The van der Waals surface area contributed by atoms with Crippen LogP contribution in [-0.4, -0.2) is 10.6 Å². The molecule has 0 bridgehead atoms. The van der Waals surface area contributed by atoms with Gasteiger partial charge in [0.05, 0.1) is 0 Å². The number of hydrogen-bond donors (Lipinski definition) is 1. The standard InChI is InChI=1S/C13H22N2/c1-11(2)15-9-5-8-13(15)10-14-12-6-3-4-7-12/h5,8-9,11-12,14H,3-4,6-7,10H2,1-2H3. The largest absolute Gasteiger partial charge is 0.348 e. The summed E-state index contributed by atoms with van der Waals surface area (Å²) in [6, 6.07) is 5.70. The summed E-state index contributed by atoms with van der Waals surface area (Å²) in [7, 11) is 0. The van der Waals surface area contributed by atoms with Crippen molar-refractivity contribution >= 4 is 0 Å². The van der Waals surface area contributed by atoms with Crippen molar-refractivity contribution in [2.24, 2.45) is 0 Å². The molecule has 0 aromatic carbocycles. The first-order chi connectivity index (χ1) is 7.27. The first-order valence-corrected chi connectivity index (χ1v) is 6.16. The fraction of sp³-hybridized carbons (Fsp3) is 0.692. The maximum absolute atomic E-state index is 3.66. The molecule has 2 heteroatoms. The van der Waals surface area contributed by atoms with E-state index in [0.717, 1.165) is 12.6 Å². The number of hydrogen-bond acceptors (Lipinski definition) is 1. The van der Waals surface area contributed by atoms with E-state index in [4.69, 9.17) is 0 Å². The van der Waals surface area contributed by atoms with Crippen molar-refractivity contribution in [1.82, 2.24) is 9.88 Å². The Labute approximate surface area is 92.7 Å². The van der Waals surface area contributed by atoms with Crippen molar-refractivity contribution in [3.63, 3.8) is 0 Å². The normalized spacial score (nSPS) is 17.8. The van der Waals surface area contributed by atoms with Crippen LogP contribution in [0.2, 0.25) is 0 Å². The molecular weight excluding hydrogens is 184 g/mol. The summed E-state index contributed by atoms with van der Waals surface area (Å²) in [5.74, 6) is 0. The summed E-state index contributed by atoms with van der Waals surface area (Å²) in [5.41, 5.74) is 1.41. The van der Waals surface area contributed by atoms with E-state index < -0.39 is 0 Å². The fourth-order valence-electron chi connectivity index (χ4n) is 2.46. The molecule has 1 aromatic heterocycles. The molecule has 1 aliphatic carbocycles. The number of aromatic nitrogens is 1. The molecule has 0 atom stereocenters. The van der Waals surface area contributed by atoms with Crippen LogP contribution >= 0.6 is 0 Å². The van der Waals surface area contributed by atoms with Gasteiger partial charge in [-0.1, -0.05) is 12.8 Å². The maximum Gasteiger partial charge on any atom is 0.0361 e. The van der Waals surface area contributed by atoms with E-state index in [2.05, 4.69) is 42.1 Å². The Morgan fingerprint density at radius 1 is 1.40 bits per heavy atom. The lowest BCUT2D eigenvalue weighted by Crippen LogP contribution is -2.26. The molecule has 15 heavy (non-hydrogen) atoms. The molecule has 84 valence electrons. The lowest BCUT2D eigenvalue weighted by molar-refractivity contribution is 0.492. The Bertz CT molecular complexity index is 295. The van der Waals surface area contributed by atoms with Crippen LogP contribution in [0.1, 0.15) is 51.3 Å². The highest BCUT2D eigenvalue weighted by Crippen LogP contribution is 2.18. The second kappa shape index (κ2) is 4.84. The molecule has 0 saturated heterocycles. The Kier molecular flexibility index (Phi) is 3.47. The molecule has 0 spiro atoms. The highest BCUT2D eigenvalue weighted by atomic mass is 15.0. The molecule has 2 nitrogen and oxygen atoms in total. The van der Waals surface area contributed by atoms with Crippen molar-refractivity contribution in [2.45, 2.75) is 58.2 Å². The summed E-state index contributed by atoms with van der Waals surface area (Å²) >= 11 is 0. The minimum absolute atomic E-state index is 0.570. The summed E-state index contributed by atoms with van der Waals surface area (Å²) in [4.78, 5) is 0. The van der Waals surface area contributed by atoms with Gasteiger partial charge in [-0.2, -0.15) is 0 Å². The predicted molar refractivity (Wildman–Crippen MR) is 63.9 cm³/mol. The van der Waals surface area contributed by atoms with Crippen molar-refractivity contribution < 1.29 is 0 Å². The van der Waals surface area contributed by atoms with Crippen molar-refractivity contribution in [3.8, 4) is 0 Å². The van der Waals surface area contributed by atoms with Crippen LogP contribution in [0.25, 0.3) is 0 Å². The van der Waals surface area contributed by atoms with Gasteiger partial charge in [0.15, 0.2) is 0 Å². The quantitative estimate of drug-likeness (QED) is 0.801. The van der Waals surface area contributed by atoms with Crippen LogP contribution in [0.4, 0.5) is 0 Å². The van der Waals surface area contributed by atoms with E-state index in [1.165, 1.54) is 31.4 Å². The van der Waals surface area contributed by atoms with Crippen LogP contribution in [0, 0.1) is 0 Å². The van der Waals surface area contributed by atoms with Crippen molar-refractivity contribution in [3.05, 3.63) is 24.0 Å². The molecule has 0 aliphatic heterocycles. The Morgan fingerprint density at radius 2 is 2.13 bits per heavy atom. The molecule has 1 aliphatic rings. The maximum atomic E-state index is 3.66. The zero-order chi connectivity index (χ0) is 10.7. The third-order valence-electron chi connectivity index (χ3n) is 3.35. The number of rotatable bonds is 4. The van der Waals surface area contributed by atoms with Crippen LogP contribution in [0.3, 0.4) is 0 Å². The van der Waals surface area contributed by atoms with Gasteiger partial charge < -0.3 is 9.88 Å². The average Bonchev–Trinajstić information content (AvgIpc) is 2.86. The van der Waals surface area contributed by atoms with E-state index in [1.54, 1.807) is 0 Å². The van der Waals surface area contributed by atoms with Crippen LogP contribution in [-0.2, 0) is 6.54 Å². The lowest BCUT2D eigenvalue weighted by Gasteiger charge is -2.16. The summed E-state index contributed by atoms with van der Waals surface area (Å²) < 4.78 is 2.35. The Balaban J connectivity index is 1.89.